The van der Waals surface area contributed by atoms with E-state index in [-0.39, 0.29) is 5.91 Å². The maximum absolute atomic E-state index is 11.5. The molecule has 1 fully saturated rings. The Bertz CT molecular complexity index is 221. The molecule has 1 rings (SSSR count). The fourth-order valence-electron chi connectivity index (χ4n) is 1.58. The summed E-state index contributed by atoms with van der Waals surface area (Å²) in [6, 6.07) is 0. The number of hydrogen-bond acceptors (Lipinski definition) is 3. The van der Waals surface area contributed by atoms with Crippen LogP contribution in [0.5, 0.6) is 0 Å². The summed E-state index contributed by atoms with van der Waals surface area (Å²) in [4.78, 5) is 22.9. The van der Waals surface area contributed by atoms with Crippen molar-refractivity contribution in [2.75, 3.05) is 13.7 Å². The minimum Gasteiger partial charge on any atom is -0.468 e. The zero-order valence-corrected chi connectivity index (χ0v) is 8.05. The molecule has 1 saturated carbocycles. The van der Waals surface area contributed by atoms with E-state index in [4.69, 9.17) is 0 Å². The van der Waals surface area contributed by atoms with Crippen molar-refractivity contribution in [2.24, 2.45) is 5.41 Å². The molecule has 0 heterocycles. The molecular weight excluding hydrogens is 170 g/mol. The van der Waals surface area contributed by atoms with Gasteiger partial charge in [0.1, 0.15) is 5.41 Å². The predicted molar refractivity (Wildman–Crippen MR) is 47.0 cm³/mol. The molecule has 0 bridgehead atoms. The lowest BCUT2D eigenvalue weighted by molar-refractivity contribution is -0.165. The van der Waals surface area contributed by atoms with Gasteiger partial charge in [0.25, 0.3) is 0 Å². The van der Waals surface area contributed by atoms with Gasteiger partial charge < -0.3 is 10.1 Å². The summed E-state index contributed by atoms with van der Waals surface area (Å²) in [5.41, 5.74) is -0.870. The number of amides is 1. The van der Waals surface area contributed by atoms with Crippen LogP contribution < -0.4 is 5.32 Å². The summed E-state index contributed by atoms with van der Waals surface area (Å²) in [6.45, 7) is 2.39. The van der Waals surface area contributed by atoms with E-state index < -0.39 is 11.4 Å². The summed E-state index contributed by atoms with van der Waals surface area (Å²) in [6.07, 6.45) is 2.16. The van der Waals surface area contributed by atoms with Crippen molar-refractivity contribution in [3.8, 4) is 0 Å². The van der Waals surface area contributed by atoms with Gasteiger partial charge >= 0.3 is 5.97 Å². The van der Waals surface area contributed by atoms with Crippen LogP contribution in [-0.4, -0.2) is 25.5 Å². The number of carbonyl (C=O) groups is 2. The van der Waals surface area contributed by atoms with Crippen LogP contribution in [0.1, 0.15) is 26.2 Å². The Labute approximate surface area is 77.6 Å². The van der Waals surface area contributed by atoms with Gasteiger partial charge in [-0.25, -0.2) is 0 Å². The quantitative estimate of drug-likeness (QED) is 0.513. The number of methoxy groups -OCH3 is 1. The van der Waals surface area contributed by atoms with Crippen LogP contribution in [0, 0.1) is 5.41 Å². The lowest BCUT2D eigenvalue weighted by atomic mass is 9.68. The van der Waals surface area contributed by atoms with Crippen LogP contribution in [0.4, 0.5) is 0 Å². The van der Waals surface area contributed by atoms with Gasteiger partial charge in [-0.05, 0) is 19.8 Å². The zero-order chi connectivity index (χ0) is 9.90. The zero-order valence-electron chi connectivity index (χ0n) is 8.05. The van der Waals surface area contributed by atoms with Crippen LogP contribution in [0.25, 0.3) is 0 Å². The Morgan fingerprint density at radius 1 is 1.46 bits per heavy atom. The molecule has 0 saturated heterocycles. The Balaban J connectivity index is 2.69. The molecular formula is C9H15NO3. The number of hydrogen-bond donors (Lipinski definition) is 1. The second-order valence-corrected chi connectivity index (χ2v) is 3.29. The lowest BCUT2D eigenvalue weighted by Gasteiger charge is -2.36. The van der Waals surface area contributed by atoms with E-state index in [1.165, 1.54) is 7.11 Å². The highest BCUT2D eigenvalue weighted by Crippen LogP contribution is 2.42. The number of esters is 1. The molecule has 1 amide bonds. The van der Waals surface area contributed by atoms with E-state index in [1.54, 1.807) is 0 Å². The first-order chi connectivity index (χ1) is 6.17. The summed E-state index contributed by atoms with van der Waals surface area (Å²) < 4.78 is 4.63. The molecule has 0 radical (unpaired) electrons. The van der Waals surface area contributed by atoms with Crippen molar-refractivity contribution in [1.82, 2.24) is 5.32 Å². The van der Waals surface area contributed by atoms with Crippen molar-refractivity contribution < 1.29 is 14.3 Å². The van der Waals surface area contributed by atoms with Gasteiger partial charge in [-0.2, -0.15) is 0 Å². The summed E-state index contributed by atoms with van der Waals surface area (Å²) >= 11 is 0. The number of nitrogens with one attached hydrogen (secondary N) is 1. The first kappa shape index (κ1) is 10.0. The van der Waals surface area contributed by atoms with Gasteiger partial charge in [0.05, 0.1) is 7.11 Å². The van der Waals surface area contributed by atoms with E-state index in [0.717, 1.165) is 6.42 Å². The SMILES string of the molecule is CCNC(=O)C1(C(=O)OC)CCC1. The van der Waals surface area contributed by atoms with E-state index in [2.05, 4.69) is 10.1 Å². The molecule has 0 unspecified atom stereocenters. The molecule has 0 aromatic carbocycles. The van der Waals surface area contributed by atoms with Gasteiger partial charge in [0, 0.05) is 6.54 Å². The average molecular weight is 185 g/mol. The molecule has 4 heteroatoms. The van der Waals surface area contributed by atoms with Crippen molar-refractivity contribution in [2.45, 2.75) is 26.2 Å². The van der Waals surface area contributed by atoms with Crippen LogP contribution >= 0.6 is 0 Å². The van der Waals surface area contributed by atoms with E-state index in [1.807, 2.05) is 6.92 Å². The number of rotatable bonds is 3. The first-order valence-corrected chi connectivity index (χ1v) is 4.54. The molecule has 0 aromatic heterocycles. The van der Waals surface area contributed by atoms with Crippen LogP contribution in [0.2, 0.25) is 0 Å². The highest BCUT2D eigenvalue weighted by molar-refractivity contribution is 6.03. The molecule has 0 aromatic rings. The molecule has 0 spiro atoms. The van der Waals surface area contributed by atoms with Crippen LogP contribution in [0.3, 0.4) is 0 Å². The summed E-state index contributed by atoms with van der Waals surface area (Å²) in [5.74, 6) is -0.585. The van der Waals surface area contributed by atoms with E-state index in [0.29, 0.717) is 19.4 Å². The third-order valence-corrected chi connectivity index (χ3v) is 2.56. The van der Waals surface area contributed by atoms with Crippen molar-refractivity contribution >= 4 is 11.9 Å². The summed E-state index contributed by atoms with van der Waals surface area (Å²) in [7, 11) is 1.32. The molecule has 1 aliphatic carbocycles. The number of ether oxygens (including phenoxy) is 1. The Kier molecular flexibility index (Phi) is 2.90. The van der Waals surface area contributed by atoms with Crippen molar-refractivity contribution in [1.29, 1.82) is 0 Å². The van der Waals surface area contributed by atoms with Gasteiger partial charge in [-0.3, -0.25) is 9.59 Å². The molecule has 13 heavy (non-hydrogen) atoms. The second kappa shape index (κ2) is 3.77. The van der Waals surface area contributed by atoms with Gasteiger partial charge in [0.15, 0.2) is 0 Å². The molecule has 1 N–H and O–H groups in total. The van der Waals surface area contributed by atoms with Crippen molar-refractivity contribution in [3.05, 3.63) is 0 Å². The van der Waals surface area contributed by atoms with Crippen molar-refractivity contribution in [3.63, 3.8) is 0 Å². The normalized spacial score (nSPS) is 18.6. The van der Waals surface area contributed by atoms with Gasteiger partial charge in [-0.1, -0.05) is 6.42 Å². The van der Waals surface area contributed by atoms with E-state index in [9.17, 15) is 9.59 Å². The van der Waals surface area contributed by atoms with E-state index >= 15 is 0 Å². The maximum atomic E-state index is 11.5. The largest absolute Gasteiger partial charge is 0.468 e. The van der Waals surface area contributed by atoms with Gasteiger partial charge in [0.2, 0.25) is 5.91 Å². The maximum Gasteiger partial charge on any atom is 0.321 e. The number of carbonyl (C=O) groups excluding carboxylic acids is 2. The predicted octanol–water partition coefficient (Wildman–Crippen LogP) is 0.466. The van der Waals surface area contributed by atoms with Crippen LogP contribution in [-0.2, 0) is 14.3 Å². The monoisotopic (exact) mass is 185 g/mol. The summed E-state index contributed by atoms with van der Waals surface area (Å²) in [5, 5.41) is 2.66. The average Bonchev–Trinajstić information content (AvgIpc) is 2.02. The molecule has 74 valence electrons. The minimum atomic E-state index is -0.870. The molecule has 4 nitrogen and oxygen atoms in total. The fourth-order valence-corrected chi connectivity index (χ4v) is 1.58. The Morgan fingerprint density at radius 2 is 2.08 bits per heavy atom. The third-order valence-electron chi connectivity index (χ3n) is 2.56. The second-order valence-electron chi connectivity index (χ2n) is 3.29. The fraction of sp³-hybridized carbons (Fsp3) is 0.778. The Morgan fingerprint density at radius 3 is 2.38 bits per heavy atom. The highest BCUT2D eigenvalue weighted by Gasteiger charge is 2.51. The van der Waals surface area contributed by atoms with Gasteiger partial charge in [-0.15, -0.1) is 0 Å². The smallest absolute Gasteiger partial charge is 0.321 e. The highest BCUT2D eigenvalue weighted by atomic mass is 16.5. The third kappa shape index (κ3) is 1.53. The Hall–Kier alpha value is -1.06. The lowest BCUT2D eigenvalue weighted by Crippen LogP contribution is -2.51. The minimum absolute atomic E-state index is 0.187. The standard InChI is InChI=1S/C9H15NO3/c1-3-10-7(11)9(5-4-6-9)8(12)13-2/h3-6H2,1-2H3,(H,10,11). The topological polar surface area (TPSA) is 55.4 Å². The van der Waals surface area contributed by atoms with Crippen LogP contribution in [0.15, 0.2) is 0 Å². The molecule has 0 aliphatic heterocycles. The molecule has 0 atom stereocenters. The first-order valence-electron chi connectivity index (χ1n) is 4.54. The molecule has 1 aliphatic rings.